The van der Waals surface area contributed by atoms with Gasteiger partial charge in [0.05, 0.1) is 12.3 Å². The van der Waals surface area contributed by atoms with Crippen molar-refractivity contribution in [1.82, 2.24) is 0 Å². The Morgan fingerprint density at radius 1 is 1.24 bits per heavy atom. The largest absolute Gasteiger partial charge is 2.00 e. The zero-order valence-corrected chi connectivity index (χ0v) is 17.9. The molecule has 2 atom stereocenters. The van der Waals surface area contributed by atoms with E-state index in [9.17, 15) is 0 Å². The maximum Gasteiger partial charge on any atom is 2.00 e. The van der Waals surface area contributed by atoms with E-state index in [0.29, 0.717) is 0 Å². The van der Waals surface area contributed by atoms with Gasteiger partial charge in [0.1, 0.15) is 0 Å². The van der Waals surface area contributed by atoms with Gasteiger partial charge in [0.15, 0.2) is 0 Å². The van der Waals surface area contributed by atoms with Crippen molar-refractivity contribution < 1.29 is 17.1 Å². The average Bonchev–Trinajstić information content (AvgIpc) is 2.47. The van der Waals surface area contributed by atoms with Crippen LogP contribution in [0.4, 0.5) is 0 Å². The molecule has 0 saturated heterocycles. The fourth-order valence-electron chi connectivity index (χ4n) is 3.41. The van der Waals surface area contributed by atoms with Crippen LogP contribution < -0.4 is 0 Å². The Kier molecular flexibility index (Phi) is 10.3. The molecule has 0 bridgehead atoms. The molecule has 120 valence electrons. The van der Waals surface area contributed by atoms with E-state index in [1.807, 2.05) is 0 Å². The summed E-state index contributed by atoms with van der Waals surface area (Å²) in [5.41, 5.74) is 2.46. The van der Waals surface area contributed by atoms with Crippen LogP contribution in [0.3, 0.4) is 0 Å². The molecule has 0 nitrogen and oxygen atoms in total. The van der Waals surface area contributed by atoms with Gasteiger partial charge in [0.2, 0.25) is 0 Å². The fourth-order valence-corrected chi connectivity index (χ4v) is 7.33. The van der Waals surface area contributed by atoms with Crippen molar-refractivity contribution in [2.45, 2.75) is 44.7 Å². The smallest absolute Gasteiger partial charge is 0.358 e. The van der Waals surface area contributed by atoms with Gasteiger partial charge in [-0.15, -0.1) is 0 Å². The second-order valence-electron chi connectivity index (χ2n) is 5.90. The summed E-state index contributed by atoms with van der Waals surface area (Å²) < 4.78 is 1.46. The van der Waals surface area contributed by atoms with Crippen molar-refractivity contribution in [2.24, 2.45) is 0 Å². The van der Waals surface area contributed by atoms with Crippen LogP contribution in [0.15, 0.2) is 24.3 Å². The number of hydrogen-bond acceptors (Lipinski definition) is 0. The number of rotatable bonds is 4. The topological polar surface area (TPSA) is 0 Å². The Labute approximate surface area is 157 Å². The van der Waals surface area contributed by atoms with E-state index < -0.39 is 7.26 Å². The quantitative estimate of drug-likeness (QED) is 0.216. The van der Waals surface area contributed by atoms with Crippen molar-refractivity contribution in [1.29, 1.82) is 0 Å². The van der Waals surface area contributed by atoms with E-state index >= 15 is 0 Å². The zero-order valence-electron chi connectivity index (χ0n) is 13.8. The van der Waals surface area contributed by atoms with E-state index in [4.69, 9.17) is 0 Å². The summed E-state index contributed by atoms with van der Waals surface area (Å²) in [6.45, 7) is 7.42. The first-order chi connectivity index (χ1) is 9.12. The molecule has 0 N–H and O–H groups in total. The van der Waals surface area contributed by atoms with Gasteiger partial charge in [0.25, 0.3) is 0 Å². The van der Waals surface area contributed by atoms with E-state index in [1.165, 1.54) is 35.2 Å². The molecule has 0 aliphatic heterocycles. The van der Waals surface area contributed by atoms with Crippen molar-refractivity contribution in [3.8, 4) is 0 Å². The molecule has 2 unspecified atom stereocenters. The number of halogens is 1. The molecule has 0 aromatic heterocycles. The standard InChI is InChI=1S/C17H26IP.CH3.Fe/c1-4-19(3,5-2)17-13-9-7-11-15(17)14-10-6-8-12-16(14)18;;/h6,8,10,12-13,15,17H,4-5,7,9,11H2,1-3H3;1H3;/q;-1;+2. The first kappa shape index (κ1) is 21.9. The van der Waals surface area contributed by atoms with Crippen LogP contribution in [0.5, 0.6) is 0 Å². The van der Waals surface area contributed by atoms with Gasteiger partial charge in [0, 0.05) is 10.2 Å². The van der Waals surface area contributed by atoms with Crippen LogP contribution in [0.2, 0.25) is 0 Å². The molecule has 2 rings (SSSR count). The fraction of sp³-hybridized carbons (Fsp3) is 0.556. The third-order valence-corrected chi connectivity index (χ3v) is 10.9. The van der Waals surface area contributed by atoms with Crippen LogP contribution >= 0.6 is 29.9 Å². The molecular formula is C18H29FeIP+. The summed E-state index contributed by atoms with van der Waals surface area (Å²) >= 11 is 2.52. The van der Waals surface area contributed by atoms with Crippen LogP contribution in [-0.4, -0.2) is 24.6 Å². The molecule has 3 heteroatoms. The maximum absolute atomic E-state index is 2.68. The van der Waals surface area contributed by atoms with E-state index in [0.717, 1.165) is 11.6 Å². The molecule has 21 heavy (non-hydrogen) atoms. The van der Waals surface area contributed by atoms with Crippen LogP contribution in [0.1, 0.15) is 44.6 Å². The summed E-state index contributed by atoms with van der Waals surface area (Å²) in [7, 11) is -0.807. The Bertz CT molecular complexity index is 417. The minimum Gasteiger partial charge on any atom is -0.358 e. The predicted octanol–water partition coefficient (Wildman–Crippen LogP) is 6.27. The second kappa shape index (κ2) is 9.91. The number of benzene rings is 1. The third-order valence-electron chi connectivity index (χ3n) is 5.01. The zero-order chi connectivity index (χ0) is 13.9. The summed E-state index contributed by atoms with van der Waals surface area (Å²) in [5, 5.41) is 0. The molecule has 1 aliphatic rings. The van der Waals surface area contributed by atoms with Crippen LogP contribution in [0.25, 0.3) is 0 Å². The predicted molar refractivity (Wildman–Crippen MR) is 104 cm³/mol. The van der Waals surface area contributed by atoms with Gasteiger partial charge in [-0.1, -0.05) is 24.6 Å². The van der Waals surface area contributed by atoms with Crippen molar-refractivity contribution in [3.63, 3.8) is 0 Å². The monoisotopic (exact) mass is 459 g/mol. The minimum absolute atomic E-state index is 0. The molecular weight excluding hydrogens is 430 g/mol. The summed E-state index contributed by atoms with van der Waals surface area (Å²) in [6.07, 6.45) is 9.56. The minimum atomic E-state index is -0.807. The van der Waals surface area contributed by atoms with Gasteiger partial charge < -0.3 is 7.43 Å². The van der Waals surface area contributed by atoms with Gasteiger partial charge in [-0.3, -0.25) is 6.42 Å². The first-order valence-corrected chi connectivity index (χ1v) is 11.3. The molecule has 1 aliphatic carbocycles. The van der Waals surface area contributed by atoms with Gasteiger partial charge in [-0.2, -0.15) is 6.42 Å². The van der Waals surface area contributed by atoms with Crippen LogP contribution in [0, 0.1) is 17.4 Å². The molecule has 0 spiro atoms. The Morgan fingerprint density at radius 2 is 1.86 bits per heavy atom. The van der Waals surface area contributed by atoms with Crippen molar-refractivity contribution in [2.75, 3.05) is 19.0 Å². The molecule has 1 fully saturated rings. The third kappa shape index (κ3) is 4.93. The SMILES string of the molecule is CC[P+](C)(CC)C1[CH-]CCCC1c1ccccc1I.[CH3-].[Fe+2]. The van der Waals surface area contributed by atoms with Crippen LogP contribution in [-0.2, 0) is 17.1 Å². The average molecular weight is 459 g/mol. The Balaban J connectivity index is 0.00000200. The van der Waals surface area contributed by atoms with Gasteiger partial charge in [-0.25, -0.2) is 0 Å². The Morgan fingerprint density at radius 3 is 2.43 bits per heavy atom. The van der Waals surface area contributed by atoms with Gasteiger partial charge >= 0.3 is 17.1 Å². The molecule has 0 radical (unpaired) electrons. The summed E-state index contributed by atoms with van der Waals surface area (Å²) in [4.78, 5) is 0. The Hall–Kier alpha value is 0.899. The first-order valence-electron chi connectivity index (χ1n) is 7.54. The normalized spacial score (nSPS) is 22.1. The summed E-state index contributed by atoms with van der Waals surface area (Å²) in [6, 6.07) is 9.03. The van der Waals surface area contributed by atoms with Gasteiger partial charge in [-0.05, 0) is 73.3 Å². The van der Waals surface area contributed by atoms with E-state index in [-0.39, 0.29) is 24.5 Å². The molecule has 0 amide bonds. The second-order valence-corrected chi connectivity index (χ2v) is 11.9. The van der Waals surface area contributed by atoms with Crippen molar-refractivity contribution in [3.05, 3.63) is 47.2 Å². The molecule has 0 heterocycles. The summed E-state index contributed by atoms with van der Waals surface area (Å²) in [5.74, 6) is 0.778. The number of hydrogen-bond donors (Lipinski definition) is 0. The maximum atomic E-state index is 2.68. The molecule has 1 aromatic carbocycles. The van der Waals surface area contributed by atoms with E-state index in [1.54, 1.807) is 5.56 Å². The van der Waals surface area contributed by atoms with Crippen molar-refractivity contribution >= 4 is 29.9 Å². The molecule has 1 saturated carbocycles. The molecule has 1 aromatic rings. The van der Waals surface area contributed by atoms with E-state index in [2.05, 4.69) is 73.8 Å².